The highest BCUT2D eigenvalue weighted by molar-refractivity contribution is 7.90. The molecular formula is C33H29F4N5O6S2. The zero-order valence-corrected chi connectivity index (χ0v) is 28.5. The predicted octanol–water partition coefficient (Wildman–Crippen LogP) is 5.46. The minimum Gasteiger partial charge on any atom is -0.481 e. The van der Waals surface area contributed by atoms with Crippen LogP contribution < -0.4 is 14.4 Å². The maximum atomic E-state index is 14.5. The maximum absolute atomic E-state index is 14.5. The number of benzene rings is 2. The van der Waals surface area contributed by atoms with Gasteiger partial charge in [-0.2, -0.15) is 17.5 Å². The molecular weight excluding hydrogens is 703 g/mol. The molecule has 3 aliphatic rings. The summed E-state index contributed by atoms with van der Waals surface area (Å²) in [5.41, 5.74) is -0.692. The van der Waals surface area contributed by atoms with E-state index in [1.165, 1.54) is 34.8 Å². The summed E-state index contributed by atoms with van der Waals surface area (Å²) in [4.78, 5) is 30.5. The van der Waals surface area contributed by atoms with E-state index in [1.54, 1.807) is 0 Å². The molecule has 0 bridgehead atoms. The predicted molar refractivity (Wildman–Crippen MR) is 172 cm³/mol. The molecule has 4 aromatic rings. The van der Waals surface area contributed by atoms with Gasteiger partial charge in [0.05, 0.1) is 34.5 Å². The van der Waals surface area contributed by atoms with Gasteiger partial charge < -0.3 is 13.8 Å². The van der Waals surface area contributed by atoms with E-state index in [-0.39, 0.29) is 47.2 Å². The van der Waals surface area contributed by atoms with E-state index in [0.717, 1.165) is 44.0 Å². The molecule has 0 spiro atoms. The van der Waals surface area contributed by atoms with Crippen molar-refractivity contribution in [2.45, 2.75) is 56.6 Å². The van der Waals surface area contributed by atoms with E-state index in [9.17, 15) is 35.6 Å². The fraction of sp³-hybridized carbons (Fsp3) is 0.364. The van der Waals surface area contributed by atoms with Crippen molar-refractivity contribution in [3.05, 3.63) is 75.4 Å². The third-order valence-corrected chi connectivity index (χ3v) is 10.1. The van der Waals surface area contributed by atoms with Gasteiger partial charge in [-0.3, -0.25) is 14.5 Å². The van der Waals surface area contributed by atoms with Crippen molar-refractivity contribution in [2.24, 2.45) is 10.4 Å². The Labute approximate surface area is 287 Å². The van der Waals surface area contributed by atoms with Crippen molar-refractivity contribution in [3.8, 4) is 18.1 Å². The molecule has 4 heterocycles. The molecule has 1 aliphatic carbocycles. The van der Waals surface area contributed by atoms with Gasteiger partial charge in [0, 0.05) is 48.3 Å². The average Bonchev–Trinajstić information content (AvgIpc) is 3.53. The first-order valence-electron chi connectivity index (χ1n) is 15.2. The fourth-order valence-corrected chi connectivity index (χ4v) is 7.30. The number of alkyl halides is 3. The Morgan fingerprint density at radius 1 is 1.20 bits per heavy atom. The number of terminal acetylenes is 1. The SMILES string of the molecule is C#CCN1C(=O)COc2cc(F)c(/N=c3\snc4n3CC(C)(C)C4)cc21.CS(=O)(=O)c1cc(C(F)(F)F)ccc1C(=O)c1cnoc1C1CC1. The van der Waals surface area contributed by atoms with Gasteiger partial charge in [0.25, 0.3) is 5.91 Å². The quantitative estimate of drug-likeness (QED) is 0.145. The number of amides is 1. The molecule has 262 valence electrons. The van der Waals surface area contributed by atoms with Crippen LogP contribution in [0.4, 0.5) is 28.9 Å². The molecule has 1 amide bonds. The average molecular weight is 732 g/mol. The van der Waals surface area contributed by atoms with Crippen molar-refractivity contribution in [1.82, 2.24) is 14.1 Å². The number of hydrogen-bond acceptors (Lipinski definition) is 10. The molecule has 11 nitrogen and oxygen atoms in total. The molecule has 1 saturated carbocycles. The molecule has 0 radical (unpaired) electrons. The highest BCUT2D eigenvalue weighted by Gasteiger charge is 2.36. The second-order valence-corrected chi connectivity index (χ2v) is 15.6. The normalized spacial score (nSPS) is 17.0. The summed E-state index contributed by atoms with van der Waals surface area (Å²) in [5, 5.41) is 3.55. The second kappa shape index (κ2) is 12.8. The Morgan fingerprint density at radius 2 is 1.94 bits per heavy atom. The third-order valence-electron chi connectivity index (χ3n) is 8.18. The van der Waals surface area contributed by atoms with E-state index in [4.69, 9.17) is 15.7 Å². The number of hydrogen-bond donors (Lipinski definition) is 0. The summed E-state index contributed by atoms with van der Waals surface area (Å²) in [7, 11) is -4.04. The van der Waals surface area contributed by atoms with Crippen LogP contribution in [0.1, 0.15) is 65.7 Å². The Bertz CT molecular complexity index is 2240. The van der Waals surface area contributed by atoms with Crippen LogP contribution in [0, 0.1) is 23.6 Å². The number of anilines is 1. The standard InChI is InChI=1S/C18H17FN4O2S.C15H12F3NO4S/c1-4-5-22-13-7-12(11(19)6-14(13)25-9-16(22)24)20-17-23-10-18(2,3)8-15(23)21-26-17;1-24(21,22)12-6-9(15(16,17)18)4-5-10(12)13(20)11-7-19-23-14(11)8-2-3-8/h1,6-7H,5,8-10H2,2-3H3;4-8H,2-3H2,1H3/b20-17-;. The number of fused-ring (bicyclic) bond motifs is 2. The summed E-state index contributed by atoms with van der Waals surface area (Å²) in [6.45, 7) is 5.05. The zero-order valence-electron chi connectivity index (χ0n) is 26.9. The Morgan fingerprint density at radius 3 is 2.60 bits per heavy atom. The van der Waals surface area contributed by atoms with Crippen LogP contribution in [0.3, 0.4) is 0 Å². The van der Waals surface area contributed by atoms with Gasteiger partial charge in [-0.05, 0) is 42.5 Å². The highest BCUT2D eigenvalue weighted by Crippen LogP contribution is 2.43. The van der Waals surface area contributed by atoms with Crippen LogP contribution in [0.5, 0.6) is 5.75 Å². The molecule has 1 fully saturated rings. The van der Waals surface area contributed by atoms with Crippen molar-refractivity contribution < 1.29 is 44.8 Å². The lowest BCUT2D eigenvalue weighted by molar-refractivity contribution is -0.137. The van der Waals surface area contributed by atoms with E-state index in [2.05, 4.69) is 34.3 Å². The summed E-state index contributed by atoms with van der Waals surface area (Å²) < 4.78 is 93.6. The smallest absolute Gasteiger partial charge is 0.416 e. The van der Waals surface area contributed by atoms with Crippen molar-refractivity contribution in [1.29, 1.82) is 0 Å². The van der Waals surface area contributed by atoms with E-state index < -0.39 is 38.1 Å². The zero-order chi connectivity index (χ0) is 36.2. The Balaban J connectivity index is 0.000000174. The minimum atomic E-state index is -4.71. The van der Waals surface area contributed by atoms with E-state index >= 15 is 0 Å². The largest absolute Gasteiger partial charge is 0.481 e. The van der Waals surface area contributed by atoms with Gasteiger partial charge in [-0.15, -0.1) is 6.42 Å². The minimum absolute atomic E-state index is 0.0441. The lowest BCUT2D eigenvalue weighted by atomic mass is 9.92. The number of carbonyl (C=O) groups excluding carboxylic acids is 2. The van der Waals surface area contributed by atoms with Crippen LogP contribution in [0.15, 0.2) is 50.9 Å². The molecule has 2 aromatic carbocycles. The fourth-order valence-electron chi connectivity index (χ4n) is 5.64. The Hall–Kier alpha value is -4.82. The molecule has 7 rings (SSSR count). The van der Waals surface area contributed by atoms with Crippen molar-refractivity contribution in [3.63, 3.8) is 0 Å². The van der Waals surface area contributed by atoms with E-state index in [0.29, 0.717) is 34.1 Å². The van der Waals surface area contributed by atoms with Crippen LogP contribution in [-0.2, 0) is 33.8 Å². The molecule has 0 atom stereocenters. The highest BCUT2D eigenvalue weighted by atomic mass is 32.2. The Kier molecular flexibility index (Phi) is 8.97. The van der Waals surface area contributed by atoms with Crippen molar-refractivity contribution in [2.75, 3.05) is 24.3 Å². The molecule has 17 heteroatoms. The molecule has 0 unspecified atom stereocenters. The summed E-state index contributed by atoms with van der Waals surface area (Å²) in [6.07, 6.45) is 5.07. The summed E-state index contributed by atoms with van der Waals surface area (Å²) in [6, 6.07) is 4.80. The number of rotatable bonds is 6. The first-order chi connectivity index (χ1) is 23.5. The molecule has 50 heavy (non-hydrogen) atoms. The van der Waals surface area contributed by atoms with Gasteiger partial charge in [0.1, 0.15) is 17.3 Å². The van der Waals surface area contributed by atoms with Gasteiger partial charge >= 0.3 is 6.18 Å². The van der Waals surface area contributed by atoms with Gasteiger partial charge in [-0.1, -0.05) is 24.9 Å². The molecule has 2 aromatic heterocycles. The van der Waals surface area contributed by atoms with Crippen LogP contribution in [0.25, 0.3) is 0 Å². The number of carbonyl (C=O) groups is 2. The molecule has 0 saturated heterocycles. The van der Waals surface area contributed by atoms with Crippen LogP contribution >= 0.6 is 11.5 Å². The molecule has 2 aliphatic heterocycles. The summed E-state index contributed by atoms with van der Waals surface area (Å²) >= 11 is 1.24. The number of ketones is 1. The number of sulfone groups is 1. The maximum Gasteiger partial charge on any atom is 0.416 e. The topological polar surface area (TPSA) is 137 Å². The number of halogens is 4. The lowest BCUT2D eigenvalue weighted by Gasteiger charge is -2.28. The summed E-state index contributed by atoms with van der Waals surface area (Å²) in [5.74, 6) is 2.60. The van der Waals surface area contributed by atoms with Crippen LogP contribution in [0.2, 0.25) is 0 Å². The van der Waals surface area contributed by atoms with Crippen molar-refractivity contribution >= 4 is 44.4 Å². The van der Waals surface area contributed by atoms with Gasteiger partial charge in [-0.25, -0.2) is 17.8 Å². The number of aromatic nitrogens is 3. The monoisotopic (exact) mass is 731 g/mol. The first-order valence-corrected chi connectivity index (χ1v) is 17.8. The molecule has 0 N–H and O–H groups in total. The number of ether oxygens (including phenoxy) is 1. The van der Waals surface area contributed by atoms with Gasteiger partial charge in [0.2, 0.25) is 4.80 Å². The van der Waals surface area contributed by atoms with Crippen LogP contribution in [-0.4, -0.2) is 53.6 Å². The first kappa shape index (κ1) is 35.0. The van der Waals surface area contributed by atoms with E-state index in [1.807, 2.05) is 4.57 Å². The number of nitrogens with zero attached hydrogens (tertiary/aromatic N) is 5. The lowest BCUT2D eigenvalue weighted by Crippen LogP contribution is -2.39. The second-order valence-electron chi connectivity index (χ2n) is 12.9. The van der Waals surface area contributed by atoms with Gasteiger partial charge in [0.15, 0.2) is 33.8 Å². The third kappa shape index (κ3) is 7.08.